The molecule has 182 valence electrons. The Morgan fingerprint density at radius 2 is 1.88 bits per heavy atom. The Labute approximate surface area is 195 Å². The minimum atomic E-state index is -1.20. The zero-order chi connectivity index (χ0) is 24.4. The van der Waals surface area contributed by atoms with Crippen LogP contribution in [-0.2, 0) is 25.7 Å². The molecular weight excluding hydrogens is 424 g/mol. The van der Waals surface area contributed by atoms with Crippen LogP contribution in [0.5, 0.6) is 0 Å². The SMILES string of the molecule is CC(C)C[C@H](C(=O)OCc1ccccc1)N1C(=O)[C@]2(CCCN2C(=O)OC(C)(C)C)C[C@@H]1O. The number of aliphatic hydroxyl groups excluding tert-OH is 1. The normalized spacial score (nSPS) is 24.0. The predicted octanol–water partition coefficient (Wildman–Crippen LogP) is 3.46. The molecule has 2 aliphatic heterocycles. The molecule has 0 aliphatic carbocycles. The molecular formula is C25H36N2O6. The van der Waals surface area contributed by atoms with Crippen LogP contribution in [0.3, 0.4) is 0 Å². The Kier molecular flexibility index (Phi) is 7.36. The average Bonchev–Trinajstić information content (AvgIpc) is 3.25. The first-order valence-electron chi connectivity index (χ1n) is 11.7. The van der Waals surface area contributed by atoms with Crippen molar-refractivity contribution in [2.24, 2.45) is 5.92 Å². The first-order valence-corrected chi connectivity index (χ1v) is 11.7. The van der Waals surface area contributed by atoms with Crippen molar-refractivity contribution in [1.82, 2.24) is 9.80 Å². The topological polar surface area (TPSA) is 96.4 Å². The van der Waals surface area contributed by atoms with Gasteiger partial charge in [-0.25, -0.2) is 9.59 Å². The third-order valence-electron chi connectivity index (χ3n) is 6.10. The van der Waals surface area contributed by atoms with E-state index in [0.29, 0.717) is 25.8 Å². The average molecular weight is 461 g/mol. The molecule has 8 heteroatoms. The van der Waals surface area contributed by atoms with Crippen LogP contribution in [-0.4, -0.2) is 62.8 Å². The van der Waals surface area contributed by atoms with Gasteiger partial charge in [0.05, 0.1) is 0 Å². The maximum Gasteiger partial charge on any atom is 0.411 e. The Hall–Kier alpha value is -2.61. The molecule has 2 fully saturated rings. The fourth-order valence-electron chi connectivity index (χ4n) is 4.70. The lowest BCUT2D eigenvalue weighted by molar-refractivity contribution is -0.162. The number of esters is 1. The van der Waals surface area contributed by atoms with Crippen LogP contribution in [0.25, 0.3) is 0 Å². The summed E-state index contributed by atoms with van der Waals surface area (Å²) < 4.78 is 11.1. The van der Waals surface area contributed by atoms with Crippen LogP contribution in [0.4, 0.5) is 4.79 Å². The second-order valence-corrected chi connectivity index (χ2v) is 10.4. The first-order chi connectivity index (χ1) is 15.4. The van der Waals surface area contributed by atoms with E-state index >= 15 is 0 Å². The maximum atomic E-state index is 13.7. The molecule has 3 atom stereocenters. The van der Waals surface area contributed by atoms with Crippen LogP contribution >= 0.6 is 0 Å². The van der Waals surface area contributed by atoms with E-state index in [1.165, 1.54) is 9.80 Å². The van der Waals surface area contributed by atoms with Gasteiger partial charge in [-0.1, -0.05) is 44.2 Å². The number of nitrogens with zero attached hydrogens (tertiary/aromatic N) is 2. The van der Waals surface area contributed by atoms with Gasteiger partial charge in [0, 0.05) is 13.0 Å². The molecule has 2 saturated heterocycles. The lowest BCUT2D eigenvalue weighted by atomic mass is 9.94. The largest absolute Gasteiger partial charge is 0.459 e. The molecule has 0 aromatic heterocycles. The van der Waals surface area contributed by atoms with Gasteiger partial charge in [0.25, 0.3) is 5.91 Å². The summed E-state index contributed by atoms with van der Waals surface area (Å²) in [5, 5.41) is 11.0. The fraction of sp³-hybridized carbons (Fsp3) is 0.640. The van der Waals surface area contributed by atoms with E-state index in [0.717, 1.165) is 5.56 Å². The molecule has 1 aromatic carbocycles. The second kappa shape index (κ2) is 9.71. The standard InChI is InChI=1S/C25H36N2O6/c1-17(2)14-19(21(29)32-16-18-10-7-6-8-11-18)27-20(28)15-25(22(27)30)12-9-13-26(25)23(31)33-24(3,4)5/h6-8,10-11,17,19-20,28H,9,12-16H2,1-5H3/t19-,20+,25+/m1/s1. The summed E-state index contributed by atoms with van der Waals surface area (Å²) in [7, 11) is 0. The van der Waals surface area contributed by atoms with Gasteiger partial charge in [-0.05, 0) is 51.5 Å². The van der Waals surface area contributed by atoms with Gasteiger partial charge < -0.3 is 19.5 Å². The van der Waals surface area contributed by atoms with Gasteiger partial charge in [0.15, 0.2) is 0 Å². The highest BCUT2D eigenvalue weighted by atomic mass is 16.6. The lowest BCUT2D eigenvalue weighted by Crippen LogP contribution is -2.56. The van der Waals surface area contributed by atoms with E-state index in [1.807, 2.05) is 44.2 Å². The van der Waals surface area contributed by atoms with Gasteiger partial charge in [0.2, 0.25) is 0 Å². The number of likely N-dealkylation sites (tertiary alicyclic amines) is 2. The molecule has 3 rings (SSSR count). The number of rotatable bonds is 6. The molecule has 2 aliphatic rings. The van der Waals surface area contributed by atoms with E-state index in [4.69, 9.17) is 9.47 Å². The lowest BCUT2D eigenvalue weighted by Gasteiger charge is -2.35. The first kappa shape index (κ1) is 25.0. The highest BCUT2D eigenvalue weighted by Gasteiger charge is 2.61. The Bertz CT molecular complexity index is 865. The van der Waals surface area contributed by atoms with Crippen molar-refractivity contribution in [3.05, 3.63) is 35.9 Å². The van der Waals surface area contributed by atoms with Crippen LogP contribution in [0.1, 0.15) is 65.9 Å². The van der Waals surface area contributed by atoms with E-state index in [2.05, 4.69) is 0 Å². The zero-order valence-corrected chi connectivity index (χ0v) is 20.2. The number of aliphatic hydroxyl groups is 1. The molecule has 2 amide bonds. The molecule has 0 saturated carbocycles. The van der Waals surface area contributed by atoms with Crippen molar-refractivity contribution >= 4 is 18.0 Å². The number of carbonyl (C=O) groups is 3. The van der Waals surface area contributed by atoms with Crippen LogP contribution in [0.15, 0.2) is 30.3 Å². The van der Waals surface area contributed by atoms with Gasteiger partial charge in [-0.15, -0.1) is 0 Å². The Balaban J connectivity index is 1.82. The summed E-state index contributed by atoms with van der Waals surface area (Å²) in [6, 6.07) is 8.37. The van der Waals surface area contributed by atoms with Crippen LogP contribution < -0.4 is 0 Å². The number of carbonyl (C=O) groups excluding carboxylic acids is 3. The summed E-state index contributed by atoms with van der Waals surface area (Å²) in [6.07, 6.45) is -0.321. The van der Waals surface area contributed by atoms with Crippen molar-refractivity contribution in [3.8, 4) is 0 Å². The van der Waals surface area contributed by atoms with Crippen LogP contribution in [0, 0.1) is 5.92 Å². The minimum absolute atomic E-state index is 0.0473. The third-order valence-corrected chi connectivity index (χ3v) is 6.10. The molecule has 0 unspecified atom stereocenters. The van der Waals surface area contributed by atoms with E-state index in [1.54, 1.807) is 20.8 Å². The minimum Gasteiger partial charge on any atom is -0.459 e. The monoisotopic (exact) mass is 460 g/mol. The molecule has 1 spiro atoms. The summed E-state index contributed by atoms with van der Waals surface area (Å²) in [5.74, 6) is -0.888. The fourth-order valence-corrected chi connectivity index (χ4v) is 4.70. The quantitative estimate of drug-likeness (QED) is 0.653. The molecule has 1 aromatic rings. The van der Waals surface area contributed by atoms with E-state index in [9.17, 15) is 19.5 Å². The summed E-state index contributed by atoms with van der Waals surface area (Å²) in [6.45, 7) is 9.66. The number of amides is 2. The number of ether oxygens (including phenoxy) is 2. The highest BCUT2D eigenvalue weighted by molar-refractivity contribution is 5.95. The summed E-state index contributed by atoms with van der Waals surface area (Å²) in [4.78, 5) is 42.4. The van der Waals surface area contributed by atoms with Gasteiger partial charge >= 0.3 is 12.1 Å². The van der Waals surface area contributed by atoms with Crippen molar-refractivity contribution in [2.75, 3.05) is 6.54 Å². The molecule has 33 heavy (non-hydrogen) atoms. The number of hydrogen-bond donors (Lipinski definition) is 1. The molecule has 0 radical (unpaired) electrons. The van der Waals surface area contributed by atoms with Crippen LogP contribution in [0.2, 0.25) is 0 Å². The summed E-state index contributed by atoms with van der Waals surface area (Å²) >= 11 is 0. The van der Waals surface area contributed by atoms with Crippen molar-refractivity contribution in [2.45, 2.75) is 90.3 Å². The summed E-state index contributed by atoms with van der Waals surface area (Å²) in [5.41, 5.74) is -1.07. The van der Waals surface area contributed by atoms with Crippen molar-refractivity contribution in [1.29, 1.82) is 0 Å². The van der Waals surface area contributed by atoms with Gasteiger partial charge in [0.1, 0.15) is 30.0 Å². The molecule has 2 heterocycles. The van der Waals surface area contributed by atoms with Gasteiger partial charge in [-0.3, -0.25) is 9.69 Å². The molecule has 8 nitrogen and oxygen atoms in total. The van der Waals surface area contributed by atoms with Crippen molar-refractivity contribution < 1.29 is 29.0 Å². The van der Waals surface area contributed by atoms with Crippen molar-refractivity contribution in [3.63, 3.8) is 0 Å². The van der Waals surface area contributed by atoms with E-state index in [-0.39, 0.29) is 18.9 Å². The van der Waals surface area contributed by atoms with Gasteiger partial charge in [-0.2, -0.15) is 0 Å². The Morgan fingerprint density at radius 3 is 2.48 bits per heavy atom. The highest BCUT2D eigenvalue weighted by Crippen LogP contribution is 2.43. The third kappa shape index (κ3) is 5.49. The zero-order valence-electron chi connectivity index (χ0n) is 20.2. The van der Waals surface area contributed by atoms with E-state index < -0.39 is 41.4 Å². The number of benzene rings is 1. The second-order valence-electron chi connectivity index (χ2n) is 10.4. The number of hydrogen-bond acceptors (Lipinski definition) is 6. The Morgan fingerprint density at radius 1 is 1.21 bits per heavy atom. The predicted molar refractivity (Wildman–Crippen MR) is 122 cm³/mol. The smallest absolute Gasteiger partial charge is 0.411 e. The molecule has 1 N–H and O–H groups in total. The molecule has 0 bridgehead atoms. The maximum absolute atomic E-state index is 13.7.